The van der Waals surface area contributed by atoms with Gasteiger partial charge in [0.25, 0.3) is 0 Å². The summed E-state index contributed by atoms with van der Waals surface area (Å²) >= 11 is 0. The first-order valence-corrected chi connectivity index (χ1v) is 6.83. The number of aliphatic hydroxyl groups is 1. The van der Waals surface area contributed by atoms with Gasteiger partial charge in [-0.2, -0.15) is 13.2 Å². The van der Waals surface area contributed by atoms with Crippen molar-refractivity contribution in [2.24, 2.45) is 0 Å². The maximum Gasteiger partial charge on any atom is 0.416 e. The van der Waals surface area contributed by atoms with E-state index in [0.29, 0.717) is 24.0 Å². The molecule has 0 heterocycles. The Kier molecular flexibility index (Phi) is 4.37. The van der Waals surface area contributed by atoms with E-state index in [4.69, 9.17) is 0 Å². The third kappa shape index (κ3) is 3.27. The lowest BCUT2D eigenvalue weighted by Crippen LogP contribution is -2.27. The summed E-state index contributed by atoms with van der Waals surface area (Å²) in [5, 5.41) is 11.0. The van der Waals surface area contributed by atoms with Crippen LogP contribution in [0.5, 0.6) is 0 Å². The lowest BCUT2D eigenvalue weighted by molar-refractivity contribution is -0.137. The van der Waals surface area contributed by atoms with E-state index >= 15 is 0 Å². The van der Waals surface area contributed by atoms with E-state index in [1.807, 2.05) is 13.0 Å². The largest absolute Gasteiger partial charge is 0.416 e. The molecule has 0 aromatic heterocycles. The molecule has 0 bridgehead atoms. The Morgan fingerprint density at radius 1 is 0.810 bits per heavy atom. The summed E-state index contributed by atoms with van der Waals surface area (Å²) in [5.41, 5.74) is -0.812. The van der Waals surface area contributed by atoms with Crippen molar-refractivity contribution in [3.8, 4) is 0 Å². The van der Waals surface area contributed by atoms with Crippen molar-refractivity contribution >= 4 is 0 Å². The number of rotatable bonds is 4. The van der Waals surface area contributed by atoms with E-state index in [0.717, 1.165) is 12.1 Å². The minimum absolute atomic E-state index is 0.447. The van der Waals surface area contributed by atoms with Crippen LogP contribution in [-0.4, -0.2) is 5.11 Å². The molecule has 1 N–H and O–H groups in total. The molecule has 0 fully saturated rings. The van der Waals surface area contributed by atoms with Gasteiger partial charge in [-0.15, -0.1) is 0 Å². The number of halogens is 3. The third-order valence-electron chi connectivity index (χ3n) is 3.55. The van der Waals surface area contributed by atoms with Crippen LogP contribution >= 0.6 is 0 Å². The van der Waals surface area contributed by atoms with Gasteiger partial charge in [-0.05, 0) is 29.7 Å². The highest BCUT2D eigenvalue weighted by molar-refractivity contribution is 5.37. The molecule has 0 amide bonds. The molecule has 0 saturated carbocycles. The first-order valence-electron chi connectivity index (χ1n) is 6.83. The van der Waals surface area contributed by atoms with Gasteiger partial charge >= 0.3 is 6.18 Å². The molecule has 1 nitrogen and oxygen atoms in total. The molecule has 0 spiro atoms. The Hall–Kier alpha value is -1.81. The van der Waals surface area contributed by atoms with Crippen molar-refractivity contribution in [3.05, 3.63) is 71.3 Å². The van der Waals surface area contributed by atoms with Crippen molar-refractivity contribution in [3.63, 3.8) is 0 Å². The third-order valence-corrected chi connectivity index (χ3v) is 3.55. The van der Waals surface area contributed by atoms with Crippen LogP contribution in [0.4, 0.5) is 13.2 Å². The Balaban J connectivity index is 2.44. The van der Waals surface area contributed by atoms with Crippen molar-refractivity contribution in [2.75, 3.05) is 0 Å². The van der Waals surface area contributed by atoms with E-state index in [2.05, 4.69) is 0 Å². The lowest BCUT2D eigenvalue weighted by atomic mass is 9.82. The van der Waals surface area contributed by atoms with Crippen molar-refractivity contribution in [1.82, 2.24) is 0 Å². The summed E-state index contributed by atoms with van der Waals surface area (Å²) in [5.74, 6) is 0. The SMILES string of the molecule is CCCC(O)(c1ccccc1)c1ccc(C(F)(F)F)cc1. The molecule has 2 rings (SSSR count). The second-order valence-corrected chi connectivity index (χ2v) is 5.05. The second kappa shape index (κ2) is 5.90. The Bertz CT molecular complexity index is 575. The van der Waals surface area contributed by atoms with Gasteiger partial charge in [-0.1, -0.05) is 55.8 Å². The highest BCUT2D eigenvalue weighted by atomic mass is 19.4. The first-order chi connectivity index (χ1) is 9.88. The van der Waals surface area contributed by atoms with Crippen LogP contribution in [0, 0.1) is 0 Å². The molecule has 2 aromatic rings. The van der Waals surface area contributed by atoms with Gasteiger partial charge in [0.05, 0.1) is 5.56 Å². The summed E-state index contributed by atoms with van der Waals surface area (Å²) in [6.45, 7) is 1.93. The Morgan fingerprint density at radius 3 is 1.76 bits per heavy atom. The second-order valence-electron chi connectivity index (χ2n) is 5.05. The van der Waals surface area contributed by atoms with Gasteiger partial charge in [-0.3, -0.25) is 0 Å². The van der Waals surface area contributed by atoms with Crippen molar-refractivity contribution in [1.29, 1.82) is 0 Å². The van der Waals surface area contributed by atoms with Crippen LogP contribution in [0.1, 0.15) is 36.5 Å². The fourth-order valence-corrected chi connectivity index (χ4v) is 2.47. The standard InChI is InChI=1S/C17H17F3O/c1-2-12-16(21,13-6-4-3-5-7-13)14-8-10-15(11-9-14)17(18,19)20/h3-11,21H,2,12H2,1H3. The number of alkyl halides is 3. The molecule has 0 saturated heterocycles. The van der Waals surface area contributed by atoms with Crippen LogP contribution < -0.4 is 0 Å². The van der Waals surface area contributed by atoms with E-state index in [1.165, 1.54) is 12.1 Å². The van der Waals surface area contributed by atoms with Crippen molar-refractivity contribution < 1.29 is 18.3 Å². The van der Waals surface area contributed by atoms with Crippen LogP contribution in [0.25, 0.3) is 0 Å². The molecule has 21 heavy (non-hydrogen) atoms. The highest BCUT2D eigenvalue weighted by Crippen LogP contribution is 2.36. The average molecular weight is 294 g/mol. The number of benzene rings is 2. The fraction of sp³-hybridized carbons (Fsp3) is 0.294. The van der Waals surface area contributed by atoms with Crippen LogP contribution in [-0.2, 0) is 11.8 Å². The molecular weight excluding hydrogens is 277 g/mol. The first kappa shape index (κ1) is 15.6. The molecule has 2 aromatic carbocycles. The van der Waals surface area contributed by atoms with E-state index in [1.54, 1.807) is 24.3 Å². The molecule has 1 unspecified atom stereocenters. The minimum atomic E-state index is -4.37. The van der Waals surface area contributed by atoms with Gasteiger partial charge in [0.1, 0.15) is 5.60 Å². The summed E-state index contributed by atoms with van der Waals surface area (Å²) in [4.78, 5) is 0. The van der Waals surface area contributed by atoms with Gasteiger partial charge in [0.2, 0.25) is 0 Å². The van der Waals surface area contributed by atoms with Crippen molar-refractivity contribution in [2.45, 2.75) is 31.5 Å². The summed E-state index contributed by atoms with van der Waals surface area (Å²) in [7, 11) is 0. The normalized spacial score (nSPS) is 14.7. The minimum Gasteiger partial charge on any atom is -0.380 e. The summed E-state index contributed by atoms with van der Waals surface area (Å²) in [6.07, 6.45) is -3.21. The molecule has 0 aliphatic rings. The quantitative estimate of drug-likeness (QED) is 0.863. The van der Waals surface area contributed by atoms with E-state index in [-0.39, 0.29) is 0 Å². The lowest BCUT2D eigenvalue weighted by Gasteiger charge is -2.29. The average Bonchev–Trinajstić information content (AvgIpc) is 2.47. The number of hydrogen-bond acceptors (Lipinski definition) is 1. The molecule has 0 aliphatic heterocycles. The van der Waals surface area contributed by atoms with Gasteiger partial charge in [0.15, 0.2) is 0 Å². The zero-order chi connectivity index (χ0) is 15.5. The van der Waals surface area contributed by atoms with Crippen LogP contribution in [0.3, 0.4) is 0 Å². The predicted molar refractivity (Wildman–Crippen MR) is 75.8 cm³/mol. The van der Waals surface area contributed by atoms with Crippen LogP contribution in [0.2, 0.25) is 0 Å². The fourth-order valence-electron chi connectivity index (χ4n) is 2.47. The summed E-state index contributed by atoms with van der Waals surface area (Å²) in [6, 6.07) is 13.7. The highest BCUT2D eigenvalue weighted by Gasteiger charge is 2.33. The maximum atomic E-state index is 12.6. The zero-order valence-corrected chi connectivity index (χ0v) is 11.7. The molecule has 4 heteroatoms. The molecule has 112 valence electrons. The molecular formula is C17H17F3O. The topological polar surface area (TPSA) is 20.2 Å². The summed E-state index contributed by atoms with van der Waals surface area (Å²) < 4.78 is 37.9. The molecule has 1 atom stereocenters. The molecule has 0 radical (unpaired) electrons. The van der Waals surface area contributed by atoms with Gasteiger partial charge in [0, 0.05) is 0 Å². The molecule has 0 aliphatic carbocycles. The van der Waals surface area contributed by atoms with Gasteiger partial charge < -0.3 is 5.11 Å². The van der Waals surface area contributed by atoms with E-state index < -0.39 is 17.3 Å². The predicted octanol–water partition coefficient (Wildman–Crippen LogP) is 4.74. The number of hydrogen-bond donors (Lipinski definition) is 1. The maximum absolute atomic E-state index is 12.6. The van der Waals surface area contributed by atoms with E-state index in [9.17, 15) is 18.3 Å². The Labute approximate surface area is 122 Å². The monoisotopic (exact) mass is 294 g/mol. The van der Waals surface area contributed by atoms with Crippen LogP contribution in [0.15, 0.2) is 54.6 Å². The Morgan fingerprint density at radius 2 is 1.29 bits per heavy atom. The van der Waals surface area contributed by atoms with Gasteiger partial charge in [-0.25, -0.2) is 0 Å². The smallest absolute Gasteiger partial charge is 0.380 e. The zero-order valence-electron chi connectivity index (χ0n) is 11.7.